The molecule has 26 heavy (non-hydrogen) atoms. The molecule has 2 N–H and O–H groups in total. The Morgan fingerprint density at radius 2 is 1.46 bits per heavy atom. The van der Waals surface area contributed by atoms with Crippen LogP contribution in [0.2, 0.25) is 0 Å². The zero-order valence-electron chi connectivity index (χ0n) is 14.0. The van der Waals surface area contributed by atoms with Gasteiger partial charge in [0.05, 0.1) is 11.9 Å². The molecule has 0 aliphatic rings. The second-order valence-corrected chi connectivity index (χ2v) is 5.65. The summed E-state index contributed by atoms with van der Waals surface area (Å²) in [5, 5.41) is 5.81. The molecule has 0 saturated carbocycles. The number of hydrogen-bond acceptors (Lipinski definition) is 4. The zero-order chi connectivity index (χ0) is 18.5. The van der Waals surface area contributed by atoms with Crippen molar-refractivity contribution in [3.05, 3.63) is 83.8 Å². The van der Waals surface area contributed by atoms with E-state index in [1.165, 1.54) is 31.2 Å². The Balaban J connectivity index is 1.63. The highest BCUT2D eigenvalue weighted by atomic mass is 19.1. The topological polar surface area (TPSA) is 71.1 Å². The van der Waals surface area contributed by atoms with Gasteiger partial charge in [-0.25, -0.2) is 9.37 Å². The van der Waals surface area contributed by atoms with Crippen LogP contribution in [0.3, 0.4) is 0 Å². The summed E-state index contributed by atoms with van der Waals surface area (Å²) in [5.41, 5.74) is 2.55. The van der Waals surface area contributed by atoms with E-state index in [-0.39, 0.29) is 11.7 Å². The van der Waals surface area contributed by atoms with E-state index in [2.05, 4.69) is 15.6 Å². The van der Waals surface area contributed by atoms with E-state index in [4.69, 9.17) is 0 Å². The number of Topliss-reactive ketones (excluding diaryl/α,β-unsaturated/α-hetero) is 1. The van der Waals surface area contributed by atoms with E-state index in [0.717, 1.165) is 11.4 Å². The largest absolute Gasteiger partial charge is 0.354 e. The van der Waals surface area contributed by atoms with E-state index >= 15 is 0 Å². The van der Waals surface area contributed by atoms with Gasteiger partial charge >= 0.3 is 0 Å². The van der Waals surface area contributed by atoms with Crippen LogP contribution in [0.5, 0.6) is 0 Å². The van der Waals surface area contributed by atoms with E-state index < -0.39 is 5.82 Å². The average Bonchev–Trinajstić information content (AvgIpc) is 2.64. The quantitative estimate of drug-likeness (QED) is 0.669. The smallest absolute Gasteiger partial charge is 0.256 e. The number of benzene rings is 2. The Morgan fingerprint density at radius 3 is 2.04 bits per heavy atom. The summed E-state index contributed by atoms with van der Waals surface area (Å²) in [6.45, 7) is 1.52. The Labute approximate surface area is 149 Å². The molecule has 130 valence electrons. The highest BCUT2D eigenvalue weighted by Gasteiger charge is 2.07. The summed E-state index contributed by atoms with van der Waals surface area (Å²) in [7, 11) is 0. The molecule has 1 aromatic heterocycles. The zero-order valence-corrected chi connectivity index (χ0v) is 14.0. The van der Waals surface area contributed by atoms with Gasteiger partial charge in [0.1, 0.15) is 11.6 Å². The number of hydrogen-bond donors (Lipinski definition) is 2. The van der Waals surface area contributed by atoms with E-state index in [1.807, 2.05) is 0 Å². The van der Waals surface area contributed by atoms with Gasteiger partial charge in [0.15, 0.2) is 5.78 Å². The van der Waals surface area contributed by atoms with Crippen molar-refractivity contribution in [1.82, 2.24) is 4.98 Å². The maximum atomic E-state index is 12.9. The third-order valence-corrected chi connectivity index (χ3v) is 3.69. The molecule has 6 heteroatoms. The number of rotatable bonds is 5. The van der Waals surface area contributed by atoms with Crippen molar-refractivity contribution in [2.75, 3.05) is 10.6 Å². The summed E-state index contributed by atoms with van der Waals surface area (Å²) >= 11 is 0. The Hall–Kier alpha value is -3.54. The number of ketones is 1. The summed E-state index contributed by atoms with van der Waals surface area (Å²) in [4.78, 5) is 27.5. The lowest BCUT2D eigenvalue weighted by Crippen LogP contribution is -2.12. The number of halogens is 1. The molecule has 1 heterocycles. The fourth-order valence-electron chi connectivity index (χ4n) is 2.29. The number of anilines is 3. The Kier molecular flexibility index (Phi) is 5.03. The van der Waals surface area contributed by atoms with Gasteiger partial charge < -0.3 is 10.6 Å². The summed E-state index contributed by atoms with van der Waals surface area (Å²) < 4.78 is 12.9. The van der Waals surface area contributed by atoms with Gasteiger partial charge in [-0.15, -0.1) is 0 Å². The molecule has 0 fully saturated rings. The predicted octanol–water partition coefficient (Wildman–Crippen LogP) is 4.42. The van der Waals surface area contributed by atoms with Crippen molar-refractivity contribution < 1.29 is 14.0 Å². The molecular formula is C20H16FN3O2. The molecule has 0 spiro atoms. The number of amides is 1. The Bertz CT molecular complexity index is 921. The number of nitrogens with zero attached hydrogens (tertiary/aromatic N) is 1. The van der Waals surface area contributed by atoms with Crippen molar-refractivity contribution in [3.63, 3.8) is 0 Å². The third-order valence-electron chi connectivity index (χ3n) is 3.69. The number of carbonyl (C=O) groups is 2. The first-order valence-corrected chi connectivity index (χ1v) is 7.92. The summed E-state index contributed by atoms with van der Waals surface area (Å²) in [5.74, 6) is -0.360. The van der Waals surface area contributed by atoms with Crippen LogP contribution in [0.15, 0.2) is 66.9 Å². The Morgan fingerprint density at radius 1 is 0.846 bits per heavy atom. The van der Waals surface area contributed by atoms with E-state index in [9.17, 15) is 14.0 Å². The van der Waals surface area contributed by atoms with Crippen molar-refractivity contribution in [1.29, 1.82) is 0 Å². The van der Waals surface area contributed by atoms with Gasteiger partial charge in [-0.05, 0) is 67.6 Å². The van der Waals surface area contributed by atoms with Crippen LogP contribution in [0.4, 0.5) is 21.6 Å². The standard InChI is InChI=1S/C20H16FN3O2/c1-13(25)14-4-8-17(9-5-14)23-18-10-11-19(22-12-18)24-20(26)15-2-6-16(21)7-3-15/h2-12,23H,1H3,(H,22,24,26). The molecule has 0 atom stereocenters. The number of pyridine rings is 1. The highest BCUT2D eigenvalue weighted by molar-refractivity contribution is 6.03. The van der Waals surface area contributed by atoms with Crippen LogP contribution >= 0.6 is 0 Å². The molecule has 0 aliphatic carbocycles. The van der Waals surface area contributed by atoms with Crippen molar-refractivity contribution in [2.45, 2.75) is 6.92 Å². The van der Waals surface area contributed by atoms with Crippen LogP contribution in [-0.2, 0) is 0 Å². The van der Waals surface area contributed by atoms with Gasteiger partial charge in [-0.2, -0.15) is 0 Å². The first-order chi connectivity index (χ1) is 12.5. The lowest BCUT2D eigenvalue weighted by atomic mass is 10.1. The van der Waals surface area contributed by atoms with E-state index in [1.54, 1.807) is 42.6 Å². The first-order valence-electron chi connectivity index (χ1n) is 7.92. The molecule has 1 amide bonds. The molecule has 3 aromatic rings. The molecule has 5 nitrogen and oxygen atoms in total. The monoisotopic (exact) mass is 349 g/mol. The molecule has 2 aromatic carbocycles. The highest BCUT2D eigenvalue weighted by Crippen LogP contribution is 2.18. The number of nitrogens with one attached hydrogen (secondary N) is 2. The van der Waals surface area contributed by atoms with Gasteiger partial charge in [0.2, 0.25) is 0 Å². The normalized spacial score (nSPS) is 10.2. The summed E-state index contributed by atoms with van der Waals surface area (Å²) in [6.07, 6.45) is 1.58. The lowest BCUT2D eigenvalue weighted by molar-refractivity contribution is 0.101. The maximum Gasteiger partial charge on any atom is 0.256 e. The minimum atomic E-state index is -0.397. The molecule has 0 bridgehead atoms. The van der Waals surface area contributed by atoms with Gasteiger partial charge in [-0.1, -0.05) is 0 Å². The predicted molar refractivity (Wildman–Crippen MR) is 98.3 cm³/mol. The van der Waals surface area contributed by atoms with Crippen molar-refractivity contribution in [2.24, 2.45) is 0 Å². The van der Waals surface area contributed by atoms with Gasteiger partial charge in [0.25, 0.3) is 5.91 Å². The fourth-order valence-corrected chi connectivity index (χ4v) is 2.29. The van der Waals surface area contributed by atoms with E-state index in [0.29, 0.717) is 16.9 Å². The second kappa shape index (κ2) is 7.57. The molecular weight excluding hydrogens is 333 g/mol. The second-order valence-electron chi connectivity index (χ2n) is 5.65. The molecule has 0 unspecified atom stereocenters. The van der Waals surface area contributed by atoms with Crippen molar-refractivity contribution >= 4 is 28.9 Å². The van der Waals surface area contributed by atoms with Crippen molar-refractivity contribution in [3.8, 4) is 0 Å². The SMILES string of the molecule is CC(=O)c1ccc(Nc2ccc(NC(=O)c3ccc(F)cc3)nc2)cc1. The van der Waals surface area contributed by atoms with Crippen LogP contribution in [0.1, 0.15) is 27.6 Å². The summed E-state index contributed by atoms with van der Waals surface area (Å²) in [6, 6.07) is 15.8. The third kappa shape index (κ3) is 4.30. The van der Waals surface area contributed by atoms with Crippen LogP contribution in [0, 0.1) is 5.82 Å². The van der Waals surface area contributed by atoms with Gasteiger partial charge in [0, 0.05) is 16.8 Å². The van der Waals surface area contributed by atoms with Crippen LogP contribution in [-0.4, -0.2) is 16.7 Å². The molecule has 0 aliphatic heterocycles. The lowest BCUT2D eigenvalue weighted by Gasteiger charge is -2.08. The number of carbonyl (C=O) groups excluding carboxylic acids is 2. The van der Waals surface area contributed by atoms with Crippen LogP contribution < -0.4 is 10.6 Å². The average molecular weight is 349 g/mol. The minimum Gasteiger partial charge on any atom is -0.354 e. The molecule has 3 rings (SSSR count). The van der Waals surface area contributed by atoms with Gasteiger partial charge in [-0.3, -0.25) is 9.59 Å². The molecule has 0 saturated heterocycles. The maximum absolute atomic E-state index is 12.9. The minimum absolute atomic E-state index is 0.0134. The number of aromatic nitrogens is 1. The van der Waals surface area contributed by atoms with Crippen LogP contribution in [0.25, 0.3) is 0 Å². The first kappa shape index (κ1) is 17.3. The fraction of sp³-hybridized carbons (Fsp3) is 0.0500. The molecule has 0 radical (unpaired) electrons.